The Balaban J connectivity index is 1.28. The van der Waals surface area contributed by atoms with E-state index in [0.717, 1.165) is 66.8 Å². The number of hydrogen-bond donors (Lipinski definition) is 0. The number of pyridine rings is 4. The lowest BCUT2D eigenvalue weighted by Crippen LogP contribution is -2.01. The monoisotopic (exact) mass is 718 g/mol. The predicted octanol–water partition coefficient (Wildman–Crippen LogP) is 13.2. The molecule has 0 spiro atoms. The molecule has 4 heterocycles. The highest BCUT2D eigenvalue weighted by molar-refractivity contribution is 6.01. The Bertz CT molecular complexity index is 2340. The second kappa shape index (κ2) is 15.2. The van der Waals surface area contributed by atoms with Crippen molar-refractivity contribution in [2.45, 2.75) is 13.8 Å². The molecule has 0 radical (unpaired) electrons. The van der Waals surface area contributed by atoms with Crippen LogP contribution in [0.4, 0.5) is 0 Å². The quantitative estimate of drug-likeness (QED) is 0.157. The molecule has 0 atom stereocenters. The minimum Gasteiger partial charge on any atom is -0.264 e. The summed E-state index contributed by atoms with van der Waals surface area (Å²) >= 11 is 0. The summed E-state index contributed by atoms with van der Waals surface area (Å²) < 4.78 is 0. The van der Waals surface area contributed by atoms with Crippen molar-refractivity contribution < 1.29 is 0 Å². The smallest absolute Gasteiger partial charge is 0.0346 e. The van der Waals surface area contributed by atoms with E-state index in [4.69, 9.17) is 0 Å². The zero-order valence-electron chi connectivity index (χ0n) is 31.3. The highest BCUT2D eigenvalue weighted by Gasteiger charge is 2.24. The Kier molecular flexibility index (Phi) is 9.36. The van der Waals surface area contributed by atoms with Crippen LogP contribution >= 0.6 is 0 Å². The van der Waals surface area contributed by atoms with Crippen LogP contribution in [-0.2, 0) is 0 Å². The van der Waals surface area contributed by atoms with Crippen molar-refractivity contribution in [3.8, 4) is 89.0 Å². The normalized spacial score (nSPS) is 11.0. The molecule has 0 bridgehead atoms. The van der Waals surface area contributed by atoms with Crippen molar-refractivity contribution in [2.75, 3.05) is 0 Å². The fourth-order valence-corrected chi connectivity index (χ4v) is 7.89. The molecule has 0 saturated carbocycles. The van der Waals surface area contributed by atoms with Crippen LogP contribution in [0.5, 0.6) is 0 Å². The maximum Gasteiger partial charge on any atom is 0.0346 e. The van der Waals surface area contributed by atoms with Gasteiger partial charge in [-0.25, -0.2) is 0 Å². The van der Waals surface area contributed by atoms with Gasteiger partial charge in [0.2, 0.25) is 0 Å². The van der Waals surface area contributed by atoms with Gasteiger partial charge in [-0.2, -0.15) is 0 Å². The van der Waals surface area contributed by atoms with Crippen LogP contribution < -0.4 is 0 Å². The summed E-state index contributed by atoms with van der Waals surface area (Å²) in [6.07, 6.45) is 14.9. The van der Waals surface area contributed by atoms with Crippen molar-refractivity contribution in [3.05, 3.63) is 206 Å². The Labute approximate surface area is 327 Å². The number of rotatable bonds is 8. The lowest BCUT2D eigenvalue weighted by Gasteiger charge is -2.26. The first-order valence-corrected chi connectivity index (χ1v) is 18.8. The average molecular weight is 719 g/mol. The molecule has 266 valence electrons. The SMILES string of the molecule is Cc1c(-c2ccc(-c3cccnc3)cc2)c(-c2ccc(-c3cccnc3)cc2)c(C)c(-c2ccc(-c3cccnc3)cc2)c1-c1ccc(-c2cccnc2)cc1. The van der Waals surface area contributed by atoms with Crippen LogP contribution in [0.15, 0.2) is 195 Å². The van der Waals surface area contributed by atoms with Crippen LogP contribution in [0.25, 0.3) is 89.0 Å². The highest BCUT2D eigenvalue weighted by atomic mass is 14.6. The predicted molar refractivity (Wildman–Crippen MR) is 231 cm³/mol. The molecule has 4 heteroatoms. The average Bonchev–Trinajstić information content (AvgIpc) is 3.28. The largest absolute Gasteiger partial charge is 0.264 e. The molecule has 0 fully saturated rings. The van der Waals surface area contributed by atoms with E-state index >= 15 is 0 Å². The second-order valence-corrected chi connectivity index (χ2v) is 14.0. The minimum absolute atomic E-state index is 1.10. The van der Waals surface area contributed by atoms with Crippen molar-refractivity contribution in [1.82, 2.24) is 19.9 Å². The van der Waals surface area contributed by atoms with E-state index in [1.165, 1.54) is 33.4 Å². The van der Waals surface area contributed by atoms with Gasteiger partial charge in [-0.1, -0.05) is 121 Å². The van der Waals surface area contributed by atoms with E-state index in [9.17, 15) is 0 Å². The summed E-state index contributed by atoms with van der Waals surface area (Å²) in [5, 5.41) is 0. The maximum atomic E-state index is 4.37. The van der Waals surface area contributed by atoms with Crippen molar-refractivity contribution in [3.63, 3.8) is 0 Å². The molecule has 0 saturated heterocycles. The molecular formula is C52H38N4. The molecular weight excluding hydrogens is 681 g/mol. The van der Waals surface area contributed by atoms with Crippen LogP contribution in [-0.4, -0.2) is 19.9 Å². The first-order valence-electron chi connectivity index (χ1n) is 18.8. The summed E-state index contributed by atoms with van der Waals surface area (Å²) in [5.41, 5.74) is 20.9. The van der Waals surface area contributed by atoms with E-state index in [2.05, 4.69) is 155 Å². The van der Waals surface area contributed by atoms with Gasteiger partial charge in [0.25, 0.3) is 0 Å². The fourth-order valence-electron chi connectivity index (χ4n) is 7.89. The van der Waals surface area contributed by atoms with Crippen molar-refractivity contribution in [2.24, 2.45) is 0 Å². The van der Waals surface area contributed by atoms with E-state index < -0.39 is 0 Å². The standard InChI is InChI=1S/C52H38N4/c1-35-49(41-19-11-37(12-20-41)45-7-3-27-53-31-45)51(43-23-15-39(16-24-43)47-9-5-29-55-33-47)36(2)52(44-25-17-40(18-26-44)48-10-6-30-56-34-48)50(35)42-21-13-38(14-22-42)46-8-4-28-54-32-46/h3-34H,1-2H3. The van der Waals surface area contributed by atoms with Gasteiger partial charge in [0.05, 0.1) is 0 Å². The molecule has 5 aromatic carbocycles. The van der Waals surface area contributed by atoms with Gasteiger partial charge in [0, 0.05) is 49.6 Å². The van der Waals surface area contributed by atoms with Crippen LogP contribution in [0.3, 0.4) is 0 Å². The van der Waals surface area contributed by atoms with Crippen LogP contribution in [0.2, 0.25) is 0 Å². The Hall–Kier alpha value is -7.30. The third-order valence-electron chi connectivity index (χ3n) is 10.7. The molecule has 56 heavy (non-hydrogen) atoms. The topological polar surface area (TPSA) is 51.6 Å². The molecule has 4 nitrogen and oxygen atoms in total. The number of hydrogen-bond acceptors (Lipinski definition) is 4. The Morgan fingerprint density at radius 3 is 0.607 bits per heavy atom. The molecule has 0 aliphatic rings. The van der Waals surface area contributed by atoms with Gasteiger partial charge in [-0.15, -0.1) is 0 Å². The lowest BCUT2D eigenvalue weighted by atomic mass is 9.78. The van der Waals surface area contributed by atoms with E-state index in [1.807, 2.05) is 73.8 Å². The number of benzene rings is 5. The third kappa shape index (κ3) is 6.69. The lowest BCUT2D eigenvalue weighted by molar-refractivity contribution is 1.33. The second-order valence-electron chi connectivity index (χ2n) is 14.0. The molecule has 4 aromatic heterocycles. The summed E-state index contributed by atoms with van der Waals surface area (Å²) in [5.74, 6) is 0. The minimum atomic E-state index is 1.10. The van der Waals surface area contributed by atoms with Gasteiger partial charge < -0.3 is 0 Å². The molecule has 0 unspecified atom stereocenters. The Morgan fingerprint density at radius 2 is 0.429 bits per heavy atom. The molecule has 0 aliphatic carbocycles. The number of aromatic nitrogens is 4. The fraction of sp³-hybridized carbons (Fsp3) is 0.0385. The summed E-state index contributed by atoms with van der Waals surface area (Å²) in [4.78, 5) is 17.5. The zero-order chi connectivity index (χ0) is 37.8. The van der Waals surface area contributed by atoms with Gasteiger partial charge >= 0.3 is 0 Å². The maximum absolute atomic E-state index is 4.37. The first-order chi connectivity index (χ1) is 27.6. The zero-order valence-corrected chi connectivity index (χ0v) is 31.3. The Morgan fingerprint density at radius 1 is 0.232 bits per heavy atom. The summed E-state index contributed by atoms with van der Waals surface area (Å²) in [7, 11) is 0. The van der Waals surface area contributed by atoms with Gasteiger partial charge in [0.1, 0.15) is 0 Å². The van der Waals surface area contributed by atoms with E-state index in [0.29, 0.717) is 0 Å². The molecule has 0 N–H and O–H groups in total. The van der Waals surface area contributed by atoms with Crippen molar-refractivity contribution >= 4 is 0 Å². The van der Waals surface area contributed by atoms with E-state index in [-0.39, 0.29) is 0 Å². The van der Waals surface area contributed by atoms with E-state index in [1.54, 1.807) is 0 Å². The van der Waals surface area contributed by atoms with Gasteiger partial charge in [-0.05, 0) is 138 Å². The number of nitrogens with zero attached hydrogens (tertiary/aromatic N) is 4. The molecule has 9 aromatic rings. The third-order valence-corrected chi connectivity index (χ3v) is 10.7. The summed E-state index contributed by atoms with van der Waals surface area (Å²) in [6.45, 7) is 4.57. The van der Waals surface area contributed by atoms with Crippen molar-refractivity contribution in [1.29, 1.82) is 0 Å². The molecule has 0 amide bonds. The van der Waals surface area contributed by atoms with Gasteiger partial charge in [-0.3, -0.25) is 19.9 Å². The first kappa shape index (κ1) is 34.5. The molecule has 0 aliphatic heterocycles. The highest BCUT2D eigenvalue weighted by Crippen LogP contribution is 2.49. The van der Waals surface area contributed by atoms with Crippen LogP contribution in [0, 0.1) is 13.8 Å². The molecule has 9 rings (SSSR count). The summed E-state index contributed by atoms with van der Waals surface area (Å²) in [6, 6.07) is 52.1. The van der Waals surface area contributed by atoms with Gasteiger partial charge in [0.15, 0.2) is 0 Å². The van der Waals surface area contributed by atoms with Crippen LogP contribution in [0.1, 0.15) is 11.1 Å².